The van der Waals surface area contributed by atoms with Gasteiger partial charge in [-0.2, -0.15) is 0 Å². The number of rotatable bonds is 2. The molecule has 1 aliphatic rings. The van der Waals surface area contributed by atoms with Gasteiger partial charge in [0.25, 0.3) is 0 Å². The van der Waals surface area contributed by atoms with Crippen molar-refractivity contribution in [2.24, 2.45) is 5.73 Å². The van der Waals surface area contributed by atoms with E-state index in [2.05, 4.69) is 33.4 Å². The minimum absolute atomic E-state index is 0.171. The van der Waals surface area contributed by atoms with Gasteiger partial charge in [0.2, 0.25) is 0 Å². The number of hydrogen-bond acceptors (Lipinski definition) is 4. The van der Waals surface area contributed by atoms with E-state index in [4.69, 9.17) is 10.7 Å². The molecule has 1 fully saturated rings. The summed E-state index contributed by atoms with van der Waals surface area (Å²) in [4.78, 5) is 5.98. The second-order valence-electron chi connectivity index (χ2n) is 4.86. The Morgan fingerprint density at radius 3 is 2.67 bits per heavy atom. The summed E-state index contributed by atoms with van der Waals surface area (Å²) in [5.74, 6) is 0. The van der Waals surface area contributed by atoms with E-state index in [-0.39, 0.29) is 5.54 Å². The number of halogens is 1. The summed E-state index contributed by atoms with van der Waals surface area (Å²) in [7, 11) is 0. The van der Waals surface area contributed by atoms with Crippen LogP contribution < -0.4 is 5.73 Å². The monoisotopic (exact) mass is 342 g/mol. The molecule has 0 unspecified atom stereocenters. The van der Waals surface area contributed by atoms with Gasteiger partial charge >= 0.3 is 0 Å². The average Bonchev–Trinajstić information content (AvgIpc) is 2.98. The van der Waals surface area contributed by atoms with Crippen molar-refractivity contribution in [3.63, 3.8) is 0 Å². The van der Waals surface area contributed by atoms with E-state index in [9.17, 15) is 0 Å². The second-order valence-corrected chi connectivity index (χ2v) is 8.18. The highest BCUT2D eigenvalue weighted by molar-refractivity contribution is 9.11. The zero-order valence-corrected chi connectivity index (χ0v) is 13.2. The Labute approximate surface area is 123 Å². The van der Waals surface area contributed by atoms with Gasteiger partial charge in [0.1, 0.15) is 5.01 Å². The van der Waals surface area contributed by atoms with Crippen molar-refractivity contribution in [3.8, 4) is 10.6 Å². The molecule has 0 spiro atoms. The van der Waals surface area contributed by atoms with Crippen molar-refractivity contribution in [1.82, 2.24) is 4.98 Å². The van der Waals surface area contributed by atoms with E-state index in [1.54, 1.807) is 22.7 Å². The van der Waals surface area contributed by atoms with Crippen LogP contribution in [-0.4, -0.2) is 4.98 Å². The summed E-state index contributed by atoms with van der Waals surface area (Å²) in [5, 5.41) is 3.25. The van der Waals surface area contributed by atoms with Crippen LogP contribution in [0.2, 0.25) is 0 Å². The maximum absolute atomic E-state index is 6.52. The van der Waals surface area contributed by atoms with Crippen molar-refractivity contribution < 1.29 is 0 Å². The summed E-state index contributed by atoms with van der Waals surface area (Å²) in [6.07, 6.45) is 5.93. The predicted octanol–water partition coefficient (Wildman–Crippen LogP) is 4.75. The molecule has 18 heavy (non-hydrogen) atoms. The van der Waals surface area contributed by atoms with Crippen molar-refractivity contribution in [3.05, 3.63) is 26.3 Å². The lowest BCUT2D eigenvalue weighted by atomic mass is 9.83. The highest BCUT2D eigenvalue weighted by atomic mass is 79.9. The largest absolute Gasteiger partial charge is 0.319 e. The first-order valence-electron chi connectivity index (χ1n) is 6.18. The lowest BCUT2D eigenvalue weighted by molar-refractivity contribution is 0.301. The zero-order valence-electron chi connectivity index (χ0n) is 9.99. The fraction of sp³-hybridized carbons (Fsp3) is 0.462. The van der Waals surface area contributed by atoms with Crippen LogP contribution in [0.4, 0.5) is 0 Å². The molecule has 1 saturated carbocycles. The van der Waals surface area contributed by atoms with Crippen molar-refractivity contribution in [2.75, 3.05) is 0 Å². The number of thiophene rings is 1. The number of nitrogens with two attached hydrogens (primary N) is 1. The second kappa shape index (κ2) is 5.04. The molecule has 0 atom stereocenters. The molecular formula is C13H15BrN2S2. The fourth-order valence-electron chi connectivity index (χ4n) is 2.46. The number of aromatic nitrogens is 1. The number of nitrogens with zero attached hydrogens (tertiary/aromatic N) is 1. The van der Waals surface area contributed by atoms with Crippen LogP contribution in [0.5, 0.6) is 0 Å². The Balaban J connectivity index is 1.89. The number of hydrogen-bond donors (Lipinski definition) is 1. The molecule has 0 aliphatic heterocycles. The minimum Gasteiger partial charge on any atom is -0.319 e. The van der Waals surface area contributed by atoms with Gasteiger partial charge in [0.05, 0.1) is 19.9 Å². The minimum atomic E-state index is -0.171. The lowest BCUT2D eigenvalue weighted by Gasteiger charge is -2.31. The Hall–Kier alpha value is -0.230. The molecule has 0 bridgehead atoms. The van der Waals surface area contributed by atoms with Gasteiger partial charge in [-0.05, 0) is 40.9 Å². The Morgan fingerprint density at radius 2 is 2.00 bits per heavy atom. The summed E-state index contributed by atoms with van der Waals surface area (Å²) in [6, 6.07) is 4.18. The van der Waals surface area contributed by atoms with Crippen LogP contribution in [0.3, 0.4) is 0 Å². The van der Waals surface area contributed by atoms with Gasteiger partial charge in [-0.25, -0.2) is 4.98 Å². The molecule has 2 N–H and O–H groups in total. The third-order valence-corrected chi connectivity index (χ3v) is 6.21. The van der Waals surface area contributed by atoms with Crippen LogP contribution in [-0.2, 0) is 5.54 Å². The van der Waals surface area contributed by atoms with Crippen molar-refractivity contribution in [1.29, 1.82) is 0 Å². The van der Waals surface area contributed by atoms with E-state index in [1.165, 1.54) is 24.1 Å². The first kappa shape index (κ1) is 12.8. The standard InChI is InChI=1S/C13H15BrN2S2/c14-11-5-4-10(18-11)9-8-17-12(16-9)13(15)6-2-1-3-7-13/h4-5,8H,1-3,6-7,15H2. The summed E-state index contributed by atoms with van der Waals surface area (Å²) in [6.45, 7) is 0. The molecule has 96 valence electrons. The van der Waals surface area contributed by atoms with Crippen LogP contribution >= 0.6 is 38.6 Å². The highest BCUT2D eigenvalue weighted by Gasteiger charge is 2.32. The molecule has 0 radical (unpaired) electrons. The smallest absolute Gasteiger partial charge is 0.113 e. The van der Waals surface area contributed by atoms with E-state index >= 15 is 0 Å². The molecule has 2 aromatic heterocycles. The van der Waals surface area contributed by atoms with Gasteiger partial charge in [0.15, 0.2) is 0 Å². The third-order valence-electron chi connectivity index (χ3n) is 3.50. The Kier molecular flexibility index (Phi) is 3.58. The van der Waals surface area contributed by atoms with Gasteiger partial charge in [-0.15, -0.1) is 22.7 Å². The van der Waals surface area contributed by atoms with Crippen LogP contribution in [0, 0.1) is 0 Å². The summed E-state index contributed by atoms with van der Waals surface area (Å²) in [5.41, 5.74) is 7.42. The predicted molar refractivity (Wildman–Crippen MR) is 82.1 cm³/mol. The first-order valence-corrected chi connectivity index (χ1v) is 8.67. The molecule has 2 aromatic rings. The fourth-order valence-corrected chi connectivity index (χ4v) is 4.88. The summed E-state index contributed by atoms with van der Waals surface area (Å²) >= 11 is 6.93. The van der Waals surface area contributed by atoms with Crippen molar-refractivity contribution >= 4 is 38.6 Å². The molecule has 1 aliphatic carbocycles. The van der Waals surface area contributed by atoms with E-state index < -0.39 is 0 Å². The highest BCUT2D eigenvalue weighted by Crippen LogP contribution is 2.39. The zero-order chi connectivity index (χ0) is 12.6. The summed E-state index contributed by atoms with van der Waals surface area (Å²) < 4.78 is 1.15. The maximum Gasteiger partial charge on any atom is 0.113 e. The van der Waals surface area contributed by atoms with E-state index in [1.807, 2.05) is 0 Å². The quantitative estimate of drug-likeness (QED) is 0.854. The topological polar surface area (TPSA) is 38.9 Å². The van der Waals surface area contributed by atoms with Gasteiger partial charge in [-0.1, -0.05) is 19.3 Å². The third kappa shape index (κ3) is 2.41. The van der Waals surface area contributed by atoms with E-state index in [0.29, 0.717) is 0 Å². The molecule has 3 rings (SSSR count). The molecule has 2 heterocycles. The molecular weight excluding hydrogens is 328 g/mol. The molecule has 5 heteroatoms. The van der Waals surface area contributed by atoms with Crippen LogP contribution in [0.25, 0.3) is 10.6 Å². The lowest BCUT2D eigenvalue weighted by Crippen LogP contribution is -2.38. The maximum atomic E-state index is 6.52. The van der Waals surface area contributed by atoms with E-state index in [0.717, 1.165) is 27.3 Å². The van der Waals surface area contributed by atoms with Crippen LogP contribution in [0.1, 0.15) is 37.1 Å². The molecule has 0 amide bonds. The number of thiazole rings is 1. The van der Waals surface area contributed by atoms with Crippen LogP contribution in [0.15, 0.2) is 21.3 Å². The Bertz CT molecular complexity index is 541. The normalized spacial score (nSPS) is 19.0. The SMILES string of the molecule is NC1(c2nc(-c3ccc(Br)s3)cs2)CCCCC1. The molecule has 0 aromatic carbocycles. The van der Waals surface area contributed by atoms with Gasteiger partial charge < -0.3 is 5.73 Å². The average molecular weight is 343 g/mol. The molecule has 0 saturated heterocycles. The van der Waals surface area contributed by atoms with Crippen molar-refractivity contribution in [2.45, 2.75) is 37.6 Å². The first-order chi connectivity index (χ1) is 8.67. The van der Waals surface area contributed by atoms with Gasteiger partial charge in [-0.3, -0.25) is 0 Å². The Morgan fingerprint density at radius 1 is 1.22 bits per heavy atom. The van der Waals surface area contributed by atoms with Gasteiger partial charge in [0, 0.05) is 5.38 Å². The molecule has 2 nitrogen and oxygen atoms in total.